The molecular formula is C20H25N3O2. The molecule has 0 saturated heterocycles. The van der Waals surface area contributed by atoms with Gasteiger partial charge in [-0.3, -0.25) is 9.48 Å². The lowest BCUT2D eigenvalue weighted by Crippen LogP contribution is -2.29. The van der Waals surface area contributed by atoms with Crippen molar-refractivity contribution >= 4 is 5.91 Å². The van der Waals surface area contributed by atoms with E-state index < -0.39 is 0 Å². The van der Waals surface area contributed by atoms with E-state index in [1.807, 2.05) is 49.1 Å². The van der Waals surface area contributed by atoms with Crippen LogP contribution in [0.4, 0.5) is 0 Å². The number of allylic oxidation sites excluding steroid dienone is 1. The highest BCUT2D eigenvalue weighted by molar-refractivity contribution is 5.88. The Bertz CT molecular complexity index is 792. The Balaban J connectivity index is 1.67. The molecule has 1 aromatic carbocycles. The Morgan fingerprint density at radius 3 is 3.04 bits per heavy atom. The quantitative estimate of drug-likeness (QED) is 0.852. The average Bonchev–Trinajstić information content (AvgIpc) is 2.97. The van der Waals surface area contributed by atoms with Gasteiger partial charge in [0.2, 0.25) is 5.91 Å². The number of carbonyl (C=O) groups excluding carboxylic acids is 1. The largest absolute Gasteiger partial charge is 0.496 e. The summed E-state index contributed by atoms with van der Waals surface area (Å²) in [5.74, 6) is 0.803. The third-order valence-corrected chi connectivity index (χ3v) is 4.73. The van der Waals surface area contributed by atoms with Gasteiger partial charge in [0.1, 0.15) is 5.75 Å². The zero-order chi connectivity index (χ0) is 17.8. The van der Waals surface area contributed by atoms with Crippen LogP contribution in [-0.2, 0) is 24.7 Å². The Kier molecular flexibility index (Phi) is 5.22. The number of aryl methyl sites for hydroxylation is 1. The normalized spacial score (nSPS) is 17.1. The van der Waals surface area contributed by atoms with Crippen LogP contribution < -0.4 is 10.1 Å². The number of methoxy groups -OCH3 is 1. The highest BCUT2D eigenvalue weighted by Crippen LogP contribution is 2.29. The van der Waals surface area contributed by atoms with Crippen molar-refractivity contribution in [3.05, 3.63) is 58.9 Å². The van der Waals surface area contributed by atoms with Crippen molar-refractivity contribution in [1.29, 1.82) is 0 Å². The van der Waals surface area contributed by atoms with Crippen LogP contribution in [0, 0.1) is 0 Å². The summed E-state index contributed by atoms with van der Waals surface area (Å²) in [7, 11) is 3.62. The second-order valence-corrected chi connectivity index (χ2v) is 6.60. The Morgan fingerprint density at radius 2 is 2.24 bits per heavy atom. The maximum absolute atomic E-state index is 12.4. The molecule has 0 spiro atoms. The third kappa shape index (κ3) is 3.92. The fourth-order valence-corrected chi connectivity index (χ4v) is 3.49. The molecule has 1 aromatic heterocycles. The molecule has 25 heavy (non-hydrogen) atoms. The minimum absolute atomic E-state index is 0.0471. The van der Waals surface area contributed by atoms with Crippen LogP contribution in [0.25, 0.3) is 0 Å². The number of amides is 1. The van der Waals surface area contributed by atoms with E-state index in [9.17, 15) is 4.79 Å². The zero-order valence-electron chi connectivity index (χ0n) is 15.1. The lowest BCUT2D eigenvalue weighted by molar-refractivity contribution is -0.117. The predicted molar refractivity (Wildman–Crippen MR) is 97.5 cm³/mol. The van der Waals surface area contributed by atoms with Gasteiger partial charge in [0.15, 0.2) is 0 Å². The number of nitrogens with one attached hydrogen (secondary N) is 1. The van der Waals surface area contributed by atoms with Crippen LogP contribution in [0.1, 0.15) is 42.6 Å². The molecule has 5 nitrogen and oxygen atoms in total. The molecule has 3 rings (SSSR count). The number of fused-ring (bicyclic) bond motifs is 1. The van der Waals surface area contributed by atoms with Crippen LogP contribution in [0.15, 0.2) is 42.1 Å². The second kappa shape index (κ2) is 7.55. The lowest BCUT2D eigenvalue weighted by atomic mass is 9.93. The molecule has 5 heteroatoms. The molecule has 2 aromatic rings. The molecule has 0 bridgehead atoms. The van der Waals surface area contributed by atoms with Crippen LogP contribution in [0.2, 0.25) is 0 Å². The third-order valence-electron chi connectivity index (χ3n) is 4.73. The van der Waals surface area contributed by atoms with Gasteiger partial charge in [-0.1, -0.05) is 23.8 Å². The summed E-state index contributed by atoms with van der Waals surface area (Å²) < 4.78 is 7.29. The molecule has 1 atom stereocenters. The van der Waals surface area contributed by atoms with E-state index in [4.69, 9.17) is 4.74 Å². The number of nitrogens with zero attached hydrogens (tertiary/aromatic N) is 2. The summed E-state index contributed by atoms with van der Waals surface area (Å²) in [6, 6.07) is 7.95. The molecule has 1 aliphatic carbocycles. The molecule has 0 fully saturated rings. The minimum atomic E-state index is -0.0471. The standard InChI is InChI=1S/C20H25N3O2/c1-14(11-15-7-4-5-10-19(15)25-3)12-20(24)22-17-8-6-9-18-16(17)13-21-23(18)2/h4-5,7,10,12-13,17H,6,8-9,11H2,1-3H3,(H,22,24)/b14-12+/t17-/m0/s1. The van der Waals surface area contributed by atoms with Crippen molar-refractivity contribution in [2.24, 2.45) is 7.05 Å². The van der Waals surface area contributed by atoms with Crippen molar-refractivity contribution in [3.8, 4) is 5.75 Å². The number of rotatable bonds is 5. The van der Waals surface area contributed by atoms with Crippen LogP contribution in [-0.4, -0.2) is 22.8 Å². The van der Waals surface area contributed by atoms with E-state index in [1.165, 1.54) is 5.69 Å². The number of benzene rings is 1. The van der Waals surface area contributed by atoms with Gasteiger partial charge in [0, 0.05) is 24.4 Å². The number of carbonyl (C=O) groups is 1. The summed E-state index contributed by atoms with van der Waals surface area (Å²) in [6.07, 6.45) is 7.33. The summed E-state index contributed by atoms with van der Waals surface area (Å²) in [5, 5.41) is 7.46. The predicted octanol–water partition coefficient (Wildman–Crippen LogP) is 3.11. The van der Waals surface area contributed by atoms with Gasteiger partial charge in [0.05, 0.1) is 19.3 Å². The summed E-state index contributed by atoms with van der Waals surface area (Å²) in [5.41, 5.74) is 4.46. The van der Waals surface area contributed by atoms with Crippen molar-refractivity contribution in [1.82, 2.24) is 15.1 Å². The first kappa shape index (κ1) is 17.3. The van der Waals surface area contributed by atoms with Crippen LogP contribution in [0.5, 0.6) is 5.75 Å². The number of hydrogen-bond donors (Lipinski definition) is 1. The van der Waals surface area contributed by atoms with Crippen LogP contribution in [0.3, 0.4) is 0 Å². The maximum atomic E-state index is 12.4. The van der Waals surface area contributed by atoms with Gasteiger partial charge in [-0.25, -0.2) is 0 Å². The van der Waals surface area contributed by atoms with Crippen molar-refractivity contribution in [2.45, 2.75) is 38.6 Å². The van der Waals surface area contributed by atoms with Gasteiger partial charge < -0.3 is 10.1 Å². The fraction of sp³-hybridized carbons (Fsp3) is 0.400. The molecule has 1 aliphatic rings. The highest BCUT2D eigenvalue weighted by atomic mass is 16.5. The summed E-state index contributed by atoms with van der Waals surface area (Å²) in [4.78, 5) is 12.4. The molecule has 1 N–H and O–H groups in total. The smallest absolute Gasteiger partial charge is 0.244 e. The van der Waals surface area contributed by atoms with Crippen molar-refractivity contribution in [3.63, 3.8) is 0 Å². The van der Waals surface area contributed by atoms with Crippen molar-refractivity contribution in [2.75, 3.05) is 7.11 Å². The second-order valence-electron chi connectivity index (χ2n) is 6.60. The minimum Gasteiger partial charge on any atom is -0.496 e. The highest BCUT2D eigenvalue weighted by Gasteiger charge is 2.24. The van der Waals surface area contributed by atoms with E-state index in [-0.39, 0.29) is 11.9 Å². The SMILES string of the molecule is COc1ccccc1C/C(C)=C/C(=O)N[C@H]1CCCc2c1cnn2C. The summed E-state index contributed by atoms with van der Waals surface area (Å²) in [6.45, 7) is 1.97. The van der Waals surface area contributed by atoms with Gasteiger partial charge >= 0.3 is 0 Å². The van der Waals surface area contributed by atoms with Gasteiger partial charge in [-0.05, 0) is 44.2 Å². The van der Waals surface area contributed by atoms with E-state index in [0.29, 0.717) is 6.42 Å². The number of ether oxygens (including phenoxy) is 1. The topological polar surface area (TPSA) is 56.1 Å². The monoisotopic (exact) mass is 339 g/mol. The maximum Gasteiger partial charge on any atom is 0.244 e. The van der Waals surface area contributed by atoms with E-state index in [1.54, 1.807) is 13.2 Å². The van der Waals surface area contributed by atoms with Gasteiger partial charge in [-0.2, -0.15) is 5.10 Å². The number of hydrogen-bond acceptors (Lipinski definition) is 3. The molecule has 0 aliphatic heterocycles. The average molecular weight is 339 g/mol. The lowest BCUT2D eigenvalue weighted by Gasteiger charge is -2.23. The Morgan fingerprint density at radius 1 is 1.44 bits per heavy atom. The molecule has 1 heterocycles. The molecule has 0 saturated carbocycles. The van der Waals surface area contributed by atoms with E-state index in [0.717, 1.165) is 41.7 Å². The number of para-hydroxylation sites is 1. The molecule has 1 amide bonds. The van der Waals surface area contributed by atoms with E-state index in [2.05, 4.69) is 10.4 Å². The van der Waals surface area contributed by atoms with Crippen LogP contribution >= 0.6 is 0 Å². The molecular weight excluding hydrogens is 314 g/mol. The molecule has 0 unspecified atom stereocenters. The van der Waals surface area contributed by atoms with Crippen molar-refractivity contribution < 1.29 is 9.53 Å². The first-order valence-corrected chi connectivity index (χ1v) is 8.69. The zero-order valence-corrected chi connectivity index (χ0v) is 15.1. The van der Waals surface area contributed by atoms with Gasteiger partial charge in [-0.15, -0.1) is 0 Å². The molecule has 132 valence electrons. The molecule has 0 radical (unpaired) electrons. The van der Waals surface area contributed by atoms with E-state index >= 15 is 0 Å². The first-order valence-electron chi connectivity index (χ1n) is 8.69. The first-order chi connectivity index (χ1) is 12.1. The summed E-state index contributed by atoms with van der Waals surface area (Å²) >= 11 is 0. The van der Waals surface area contributed by atoms with Gasteiger partial charge in [0.25, 0.3) is 0 Å². The number of aromatic nitrogens is 2. The Labute approximate surface area is 148 Å². The fourth-order valence-electron chi connectivity index (χ4n) is 3.49. The Hall–Kier alpha value is -2.56.